The van der Waals surface area contributed by atoms with E-state index in [9.17, 15) is 13.2 Å². The molecule has 0 saturated heterocycles. The second-order valence-electron chi connectivity index (χ2n) is 5.82. The van der Waals surface area contributed by atoms with E-state index < -0.39 is 11.7 Å². The molecule has 1 fully saturated rings. The molecule has 1 saturated carbocycles. The van der Waals surface area contributed by atoms with Crippen molar-refractivity contribution < 1.29 is 13.2 Å². The lowest BCUT2D eigenvalue weighted by molar-refractivity contribution is -0.138. The summed E-state index contributed by atoms with van der Waals surface area (Å²) in [6.45, 7) is 2.21. The summed E-state index contributed by atoms with van der Waals surface area (Å²) in [6, 6.07) is 4.66. The summed E-state index contributed by atoms with van der Waals surface area (Å²) in [4.78, 5) is 0. The fourth-order valence-corrected chi connectivity index (χ4v) is 3.47. The van der Waals surface area contributed by atoms with E-state index in [1.165, 1.54) is 25.0 Å². The van der Waals surface area contributed by atoms with Gasteiger partial charge in [-0.2, -0.15) is 13.2 Å². The monoisotopic (exact) mass is 363 g/mol. The molecule has 0 spiro atoms. The van der Waals surface area contributed by atoms with E-state index in [1.807, 2.05) is 0 Å². The van der Waals surface area contributed by atoms with Crippen molar-refractivity contribution in [3.63, 3.8) is 0 Å². The van der Waals surface area contributed by atoms with Crippen molar-refractivity contribution in [2.45, 2.75) is 57.7 Å². The van der Waals surface area contributed by atoms with Crippen LogP contribution in [0.2, 0.25) is 0 Å². The highest BCUT2D eigenvalue weighted by molar-refractivity contribution is 9.10. The Hall–Kier alpha value is -0.710. The van der Waals surface area contributed by atoms with E-state index in [0.717, 1.165) is 31.6 Å². The van der Waals surface area contributed by atoms with Gasteiger partial charge in [-0.05, 0) is 43.4 Å². The number of nitrogens with one attached hydrogen (secondary N) is 1. The summed E-state index contributed by atoms with van der Waals surface area (Å²) in [7, 11) is 0. The molecule has 0 radical (unpaired) electrons. The average Bonchev–Trinajstić information content (AvgIpc) is 2.65. The van der Waals surface area contributed by atoms with Gasteiger partial charge in [0.2, 0.25) is 0 Å². The smallest absolute Gasteiger partial charge is 0.382 e. The van der Waals surface area contributed by atoms with Gasteiger partial charge in [-0.3, -0.25) is 0 Å². The predicted octanol–water partition coefficient (Wildman–Crippen LogP) is 6.24. The van der Waals surface area contributed by atoms with Gasteiger partial charge in [-0.15, -0.1) is 0 Å². The first-order valence-electron chi connectivity index (χ1n) is 7.53. The van der Waals surface area contributed by atoms with E-state index in [4.69, 9.17) is 0 Å². The first-order valence-corrected chi connectivity index (χ1v) is 8.32. The highest BCUT2D eigenvalue weighted by Crippen LogP contribution is 2.37. The molecule has 5 heteroatoms. The van der Waals surface area contributed by atoms with Crippen LogP contribution in [0.4, 0.5) is 18.9 Å². The van der Waals surface area contributed by atoms with E-state index in [-0.39, 0.29) is 10.5 Å². The summed E-state index contributed by atoms with van der Waals surface area (Å²) in [6.07, 6.45) is 2.50. The Bertz CT molecular complexity index is 473. The van der Waals surface area contributed by atoms with Crippen LogP contribution in [-0.4, -0.2) is 6.04 Å². The summed E-state index contributed by atoms with van der Waals surface area (Å²) in [5.41, 5.74) is -0.0574. The van der Waals surface area contributed by atoms with Crippen molar-refractivity contribution in [1.29, 1.82) is 0 Å². The van der Waals surface area contributed by atoms with Crippen molar-refractivity contribution >= 4 is 21.6 Å². The second kappa shape index (κ2) is 7.03. The molecule has 118 valence electrons. The Morgan fingerprint density at radius 1 is 1.19 bits per heavy atom. The molecule has 0 bridgehead atoms. The van der Waals surface area contributed by atoms with Gasteiger partial charge in [0.05, 0.1) is 5.56 Å². The summed E-state index contributed by atoms with van der Waals surface area (Å²) < 4.78 is 38.8. The molecular weight excluding hydrogens is 343 g/mol. The Morgan fingerprint density at radius 3 is 2.62 bits per heavy atom. The predicted molar refractivity (Wildman–Crippen MR) is 83.4 cm³/mol. The number of alkyl halides is 3. The molecule has 1 N–H and O–H groups in total. The number of rotatable bonds is 3. The molecular formula is C16H21BrF3N. The summed E-state index contributed by atoms with van der Waals surface area (Å²) in [5, 5.41) is 3.28. The third-order valence-corrected chi connectivity index (χ3v) is 5.00. The van der Waals surface area contributed by atoms with Crippen LogP contribution < -0.4 is 5.32 Å². The minimum absolute atomic E-state index is 0.0902. The Morgan fingerprint density at radius 2 is 1.95 bits per heavy atom. The van der Waals surface area contributed by atoms with Crippen molar-refractivity contribution in [3.8, 4) is 0 Å². The van der Waals surface area contributed by atoms with Crippen LogP contribution >= 0.6 is 15.9 Å². The lowest BCUT2D eigenvalue weighted by Gasteiger charge is -2.19. The van der Waals surface area contributed by atoms with Crippen LogP contribution in [0, 0.1) is 5.92 Å². The normalized spacial score (nSPS) is 23.7. The maximum atomic E-state index is 12.9. The summed E-state index contributed by atoms with van der Waals surface area (Å²) in [5.74, 6) is 0.771. The Labute approximate surface area is 132 Å². The van der Waals surface area contributed by atoms with E-state index >= 15 is 0 Å². The standard InChI is InChI=1S/C16H21BrF3N/c1-2-11-4-3-5-12(7-6-11)21-13-8-9-15(17)14(10-13)16(18,19)20/h8-12,21H,2-7H2,1H3. The van der Waals surface area contributed by atoms with Crippen LogP contribution in [0.3, 0.4) is 0 Å². The number of halogens is 4. The van der Waals surface area contributed by atoms with E-state index in [1.54, 1.807) is 6.07 Å². The Balaban J connectivity index is 2.06. The molecule has 2 unspecified atom stereocenters. The molecule has 1 aromatic rings. The molecule has 1 aromatic carbocycles. The minimum atomic E-state index is -4.33. The first-order chi connectivity index (χ1) is 9.90. The highest BCUT2D eigenvalue weighted by atomic mass is 79.9. The molecule has 21 heavy (non-hydrogen) atoms. The molecule has 2 atom stereocenters. The number of hydrogen-bond donors (Lipinski definition) is 1. The zero-order chi connectivity index (χ0) is 15.5. The van der Waals surface area contributed by atoms with Crippen molar-refractivity contribution in [1.82, 2.24) is 0 Å². The van der Waals surface area contributed by atoms with Gasteiger partial charge in [-0.1, -0.05) is 42.1 Å². The average molecular weight is 364 g/mol. The summed E-state index contributed by atoms with van der Waals surface area (Å²) >= 11 is 2.97. The van der Waals surface area contributed by atoms with Gasteiger partial charge in [0, 0.05) is 16.2 Å². The first kappa shape index (κ1) is 16.7. The fraction of sp³-hybridized carbons (Fsp3) is 0.625. The van der Waals surface area contributed by atoms with Gasteiger partial charge in [0.1, 0.15) is 0 Å². The van der Waals surface area contributed by atoms with E-state index in [2.05, 4.69) is 28.2 Å². The molecule has 0 aromatic heterocycles. The quantitative estimate of drug-likeness (QED) is 0.626. The largest absolute Gasteiger partial charge is 0.417 e. The maximum absolute atomic E-state index is 12.9. The van der Waals surface area contributed by atoms with Crippen LogP contribution in [0.1, 0.15) is 51.0 Å². The van der Waals surface area contributed by atoms with Crippen LogP contribution in [0.25, 0.3) is 0 Å². The lowest BCUT2D eigenvalue weighted by atomic mass is 9.98. The number of benzene rings is 1. The lowest BCUT2D eigenvalue weighted by Crippen LogP contribution is -2.19. The van der Waals surface area contributed by atoms with Crippen molar-refractivity contribution in [2.24, 2.45) is 5.92 Å². The topological polar surface area (TPSA) is 12.0 Å². The third kappa shape index (κ3) is 4.63. The van der Waals surface area contributed by atoms with Crippen molar-refractivity contribution in [3.05, 3.63) is 28.2 Å². The molecule has 2 rings (SSSR count). The second-order valence-corrected chi connectivity index (χ2v) is 6.67. The van der Waals surface area contributed by atoms with Crippen molar-refractivity contribution in [2.75, 3.05) is 5.32 Å². The molecule has 1 aliphatic carbocycles. The number of hydrogen-bond acceptors (Lipinski definition) is 1. The maximum Gasteiger partial charge on any atom is 0.417 e. The SMILES string of the molecule is CCC1CCCC(Nc2ccc(Br)c(C(F)(F)F)c2)CC1. The van der Waals surface area contributed by atoms with Gasteiger partial charge in [0.25, 0.3) is 0 Å². The van der Waals surface area contributed by atoms with Gasteiger partial charge < -0.3 is 5.32 Å². The third-order valence-electron chi connectivity index (χ3n) is 4.31. The zero-order valence-electron chi connectivity index (χ0n) is 12.1. The highest BCUT2D eigenvalue weighted by Gasteiger charge is 2.33. The molecule has 1 aliphatic rings. The Kier molecular flexibility index (Phi) is 5.58. The zero-order valence-corrected chi connectivity index (χ0v) is 13.7. The van der Waals surface area contributed by atoms with Crippen LogP contribution in [0.15, 0.2) is 22.7 Å². The molecule has 0 heterocycles. The van der Waals surface area contributed by atoms with Gasteiger partial charge in [-0.25, -0.2) is 0 Å². The van der Waals surface area contributed by atoms with E-state index in [0.29, 0.717) is 5.69 Å². The molecule has 0 aliphatic heterocycles. The molecule has 1 nitrogen and oxygen atoms in total. The van der Waals surface area contributed by atoms with Gasteiger partial charge >= 0.3 is 6.18 Å². The minimum Gasteiger partial charge on any atom is -0.382 e. The van der Waals surface area contributed by atoms with Crippen LogP contribution in [-0.2, 0) is 6.18 Å². The van der Waals surface area contributed by atoms with Crippen LogP contribution in [0.5, 0.6) is 0 Å². The van der Waals surface area contributed by atoms with Gasteiger partial charge in [0.15, 0.2) is 0 Å². The fourth-order valence-electron chi connectivity index (χ4n) is 3.00. The molecule has 0 amide bonds. The number of anilines is 1.